The molecule has 2 aliphatic heterocycles. The second kappa shape index (κ2) is 9.15. The summed E-state index contributed by atoms with van der Waals surface area (Å²) in [5, 5.41) is 2.84. The molecule has 0 bridgehead atoms. The number of anilines is 2. The molecule has 2 aromatic carbocycles. The maximum Gasteiger partial charge on any atom is 0.261 e. The van der Waals surface area contributed by atoms with Gasteiger partial charge in [0.25, 0.3) is 10.0 Å². The van der Waals surface area contributed by atoms with Crippen LogP contribution in [0.3, 0.4) is 0 Å². The van der Waals surface area contributed by atoms with Crippen LogP contribution in [-0.4, -0.2) is 44.0 Å². The smallest absolute Gasteiger partial charge is 0.261 e. The number of hydrogen-bond donors (Lipinski definition) is 2. The zero-order valence-corrected chi connectivity index (χ0v) is 19.8. The molecule has 2 N–H and O–H groups in total. The summed E-state index contributed by atoms with van der Waals surface area (Å²) < 4.78 is 28.6. The summed E-state index contributed by atoms with van der Waals surface area (Å²) in [4.78, 5) is 28.0. The van der Waals surface area contributed by atoms with Gasteiger partial charge in [0.2, 0.25) is 11.8 Å². The minimum Gasteiger partial charge on any atom is -0.343 e. The summed E-state index contributed by atoms with van der Waals surface area (Å²) in [7, 11) is -3.83. The lowest BCUT2D eigenvalue weighted by Gasteiger charge is -2.18. The first-order valence-electron chi connectivity index (χ1n) is 10.7. The van der Waals surface area contributed by atoms with Crippen LogP contribution in [0.4, 0.5) is 11.4 Å². The fourth-order valence-corrected chi connectivity index (χ4v) is 6.15. The molecule has 9 heteroatoms. The van der Waals surface area contributed by atoms with E-state index in [0.717, 1.165) is 42.0 Å². The number of fused-ring (bicyclic) bond motifs is 1. The van der Waals surface area contributed by atoms with Crippen molar-refractivity contribution in [1.29, 1.82) is 0 Å². The standard InChI is InChI=1S/C23H27N3O4S2/c1-15-6-5-7-19(16(15)2)25-32(29,30)18-8-9-21-20(13-18)24-23(28)17(14-31-21)12-22(27)26-10-3-4-11-26/h5-9,13,17,25H,3-4,10-12,14H2,1-2H3,(H,24,28). The van der Waals surface area contributed by atoms with Crippen molar-refractivity contribution in [3.63, 3.8) is 0 Å². The lowest BCUT2D eigenvalue weighted by atomic mass is 10.1. The van der Waals surface area contributed by atoms with Crippen LogP contribution in [0, 0.1) is 19.8 Å². The van der Waals surface area contributed by atoms with Gasteiger partial charge in [0.1, 0.15) is 0 Å². The van der Waals surface area contributed by atoms with Crippen molar-refractivity contribution < 1.29 is 18.0 Å². The van der Waals surface area contributed by atoms with E-state index in [4.69, 9.17) is 0 Å². The van der Waals surface area contributed by atoms with E-state index in [-0.39, 0.29) is 23.1 Å². The number of nitrogens with one attached hydrogen (secondary N) is 2. The number of benzene rings is 2. The molecule has 7 nitrogen and oxygen atoms in total. The minimum atomic E-state index is -3.83. The Bertz CT molecular complexity index is 1160. The summed E-state index contributed by atoms with van der Waals surface area (Å²) in [5.74, 6) is -0.213. The second-order valence-corrected chi connectivity index (χ2v) is 11.0. The van der Waals surface area contributed by atoms with Crippen LogP contribution in [-0.2, 0) is 19.6 Å². The number of rotatable bonds is 5. The number of hydrogen-bond acceptors (Lipinski definition) is 5. The van der Waals surface area contributed by atoms with Gasteiger partial charge in [-0.1, -0.05) is 12.1 Å². The van der Waals surface area contributed by atoms with Crippen LogP contribution in [0.25, 0.3) is 0 Å². The predicted molar refractivity (Wildman–Crippen MR) is 126 cm³/mol. The van der Waals surface area contributed by atoms with Gasteiger partial charge in [-0.05, 0) is 62.1 Å². The minimum absolute atomic E-state index is 0.00944. The topological polar surface area (TPSA) is 95.6 Å². The van der Waals surface area contributed by atoms with E-state index in [1.165, 1.54) is 17.8 Å². The van der Waals surface area contributed by atoms with Crippen LogP contribution in [0.15, 0.2) is 46.2 Å². The molecule has 0 saturated carbocycles. The zero-order chi connectivity index (χ0) is 22.9. The molecular weight excluding hydrogens is 446 g/mol. The molecule has 1 fully saturated rings. The maximum atomic E-state index is 13.0. The first-order chi connectivity index (χ1) is 15.2. The summed E-state index contributed by atoms with van der Waals surface area (Å²) in [6, 6.07) is 10.2. The Morgan fingerprint density at radius 2 is 1.94 bits per heavy atom. The van der Waals surface area contributed by atoms with E-state index in [0.29, 0.717) is 17.1 Å². The molecule has 2 aromatic rings. The fourth-order valence-electron chi connectivity index (χ4n) is 3.92. The van der Waals surface area contributed by atoms with Gasteiger partial charge in [-0.15, -0.1) is 11.8 Å². The number of carbonyl (C=O) groups excluding carboxylic acids is 2. The van der Waals surface area contributed by atoms with Crippen molar-refractivity contribution in [2.75, 3.05) is 28.9 Å². The first-order valence-corrected chi connectivity index (χ1v) is 13.2. The molecule has 2 amide bonds. The number of thioether (sulfide) groups is 1. The Hall–Kier alpha value is -2.52. The lowest BCUT2D eigenvalue weighted by Crippen LogP contribution is -2.33. The van der Waals surface area contributed by atoms with Crippen LogP contribution in [0.5, 0.6) is 0 Å². The molecule has 0 spiro atoms. The molecule has 32 heavy (non-hydrogen) atoms. The Kier molecular flexibility index (Phi) is 6.48. The Morgan fingerprint density at radius 1 is 1.19 bits per heavy atom. The lowest BCUT2D eigenvalue weighted by molar-refractivity contribution is -0.133. The number of aryl methyl sites for hydroxylation is 1. The molecule has 2 aliphatic rings. The van der Waals surface area contributed by atoms with Gasteiger partial charge in [0.05, 0.1) is 22.2 Å². The highest BCUT2D eigenvalue weighted by molar-refractivity contribution is 7.99. The highest BCUT2D eigenvalue weighted by atomic mass is 32.2. The van der Waals surface area contributed by atoms with Gasteiger partial charge in [0, 0.05) is 30.2 Å². The van der Waals surface area contributed by atoms with Gasteiger partial charge in [-0.3, -0.25) is 14.3 Å². The van der Waals surface area contributed by atoms with E-state index < -0.39 is 15.9 Å². The summed E-state index contributed by atoms with van der Waals surface area (Å²) in [6.45, 7) is 5.31. The van der Waals surface area contributed by atoms with Crippen molar-refractivity contribution in [3.05, 3.63) is 47.5 Å². The van der Waals surface area contributed by atoms with Crippen LogP contribution < -0.4 is 10.0 Å². The second-order valence-electron chi connectivity index (χ2n) is 8.30. The summed E-state index contributed by atoms with van der Waals surface area (Å²) in [6.07, 6.45) is 2.19. The van der Waals surface area contributed by atoms with Crippen molar-refractivity contribution in [1.82, 2.24) is 4.90 Å². The van der Waals surface area contributed by atoms with E-state index in [9.17, 15) is 18.0 Å². The maximum absolute atomic E-state index is 13.0. The quantitative estimate of drug-likeness (QED) is 0.689. The normalized spacial score (nSPS) is 18.6. The van der Waals surface area contributed by atoms with Crippen LogP contribution in [0.1, 0.15) is 30.4 Å². The van der Waals surface area contributed by atoms with E-state index >= 15 is 0 Å². The number of carbonyl (C=O) groups is 2. The molecular formula is C23H27N3O4S2. The third-order valence-corrected chi connectivity index (χ3v) is 8.66. The van der Waals surface area contributed by atoms with Gasteiger partial charge in [0.15, 0.2) is 0 Å². The van der Waals surface area contributed by atoms with Gasteiger partial charge in [-0.2, -0.15) is 0 Å². The number of nitrogens with zero attached hydrogens (tertiary/aromatic N) is 1. The predicted octanol–water partition coefficient (Wildman–Crippen LogP) is 3.78. The molecule has 0 radical (unpaired) electrons. The summed E-state index contributed by atoms with van der Waals surface area (Å²) >= 11 is 1.46. The fraction of sp³-hybridized carbons (Fsp3) is 0.391. The monoisotopic (exact) mass is 473 g/mol. The van der Waals surface area contributed by atoms with Crippen molar-refractivity contribution in [3.8, 4) is 0 Å². The van der Waals surface area contributed by atoms with Crippen molar-refractivity contribution in [2.24, 2.45) is 5.92 Å². The first kappa shape index (κ1) is 22.7. The van der Waals surface area contributed by atoms with E-state index in [1.54, 1.807) is 24.3 Å². The van der Waals surface area contributed by atoms with E-state index in [2.05, 4.69) is 10.0 Å². The molecule has 1 atom stereocenters. The van der Waals surface area contributed by atoms with Crippen molar-refractivity contribution >= 4 is 45.0 Å². The van der Waals surface area contributed by atoms with Gasteiger partial charge in [-0.25, -0.2) is 8.42 Å². The molecule has 4 rings (SSSR count). The molecule has 1 saturated heterocycles. The Morgan fingerprint density at radius 3 is 2.69 bits per heavy atom. The number of amides is 2. The highest BCUT2D eigenvalue weighted by Crippen LogP contribution is 2.36. The summed E-state index contributed by atoms with van der Waals surface area (Å²) in [5.41, 5.74) is 2.84. The molecule has 170 valence electrons. The van der Waals surface area contributed by atoms with Crippen LogP contribution in [0.2, 0.25) is 0 Å². The van der Waals surface area contributed by atoms with Gasteiger partial charge >= 0.3 is 0 Å². The third kappa shape index (κ3) is 4.78. The number of likely N-dealkylation sites (tertiary alicyclic amines) is 1. The molecule has 1 unspecified atom stereocenters. The van der Waals surface area contributed by atoms with Gasteiger partial charge < -0.3 is 10.2 Å². The Labute approximate surface area is 193 Å². The average molecular weight is 474 g/mol. The van der Waals surface area contributed by atoms with Crippen LogP contribution >= 0.6 is 11.8 Å². The average Bonchev–Trinajstić information content (AvgIpc) is 3.25. The highest BCUT2D eigenvalue weighted by Gasteiger charge is 2.30. The largest absolute Gasteiger partial charge is 0.343 e. The third-order valence-electron chi connectivity index (χ3n) is 6.06. The number of sulfonamides is 1. The van der Waals surface area contributed by atoms with Crippen molar-refractivity contribution in [2.45, 2.75) is 42.9 Å². The molecule has 0 aliphatic carbocycles. The SMILES string of the molecule is Cc1cccc(NS(=O)(=O)c2ccc3c(c2)NC(=O)C(CC(=O)N2CCCC2)CS3)c1C. The zero-order valence-electron chi connectivity index (χ0n) is 18.2. The Balaban J connectivity index is 1.51. The molecule has 2 heterocycles. The molecule has 0 aromatic heterocycles. The van der Waals surface area contributed by atoms with E-state index in [1.807, 2.05) is 24.8 Å².